The second-order valence-electron chi connectivity index (χ2n) is 3.72. The lowest BCUT2D eigenvalue weighted by Crippen LogP contribution is -2.17. The van der Waals surface area contributed by atoms with E-state index < -0.39 is 12.3 Å². The molecule has 1 heterocycles. The molecule has 2 N–H and O–H groups in total. The lowest BCUT2D eigenvalue weighted by Gasteiger charge is -2.09. The molecule has 0 aliphatic heterocycles. The van der Waals surface area contributed by atoms with Crippen molar-refractivity contribution in [2.75, 3.05) is 0 Å². The highest BCUT2D eigenvalue weighted by molar-refractivity contribution is 5.98. The highest BCUT2D eigenvalue weighted by Crippen LogP contribution is 2.27. The van der Waals surface area contributed by atoms with E-state index in [0.29, 0.717) is 10.9 Å². The number of carbonyl (C=O) groups is 1. The minimum Gasteiger partial charge on any atom is -0.406 e. The summed E-state index contributed by atoms with van der Waals surface area (Å²) in [6.07, 6.45) is -4.74. The van der Waals surface area contributed by atoms with E-state index in [2.05, 4.69) is 4.74 Å². The number of aromatic nitrogens is 1. The highest BCUT2D eigenvalue weighted by Gasteiger charge is 2.31. The van der Waals surface area contributed by atoms with Crippen LogP contribution < -0.4 is 10.5 Å². The summed E-state index contributed by atoms with van der Waals surface area (Å²) < 4.78 is 41.4. The fourth-order valence-corrected chi connectivity index (χ4v) is 1.74. The summed E-state index contributed by atoms with van der Waals surface area (Å²) in [5.41, 5.74) is 5.80. The van der Waals surface area contributed by atoms with Gasteiger partial charge in [-0.3, -0.25) is 4.79 Å². The average Bonchev–Trinajstić information content (AvgIpc) is 2.54. The molecule has 0 unspecified atom stereocenters. The monoisotopic (exact) mass is 258 g/mol. The second kappa shape index (κ2) is 3.94. The zero-order valence-corrected chi connectivity index (χ0v) is 9.28. The van der Waals surface area contributed by atoms with Crippen LogP contribution in [0, 0.1) is 0 Å². The predicted octanol–water partition coefficient (Wildman–Crippen LogP) is 2.18. The molecule has 0 aliphatic rings. The van der Waals surface area contributed by atoms with Crippen LogP contribution in [0.1, 0.15) is 10.5 Å². The van der Waals surface area contributed by atoms with Gasteiger partial charge in [0, 0.05) is 18.5 Å². The van der Waals surface area contributed by atoms with E-state index in [-0.39, 0.29) is 11.4 Å². The van der Waals surface area contributed by atoms with Gasteiger partial charge in [0.05, 0.1) is 5.52 Å². The van der Waals surface area contributed by atoms with Crippen molar-refractivity contribution in [3.8, 4) is 5.75 Å². The fraction of sp³-hybridized carbons (Fsp3) is 0.182. The summed E-state index contributed by atoms with van der Waals surface area (Å²) >= 11 is 0. The Bertz CT molecular complexity index is 617. The molecule has 0 fully saturated rings. The third kappa shape index (κ3) is 2.24. The molecule has 96 valence electrons. The van der Waals surface area contributed by atoms with Crippen LogP contribution in [0.25, 0.3) is 10.9 Å². The van der Waals surface area contributed by atoms with Crippen LogP contribution in [0.4, 0.5) is 13.2 Å². The molecule has 2 aromatic rings. The van der Waals surface area contributed by atoms with Crippen molar-refractivity contribution < 1.29 is 22.7 Å². The topological polar surface area (TPSA) is 57.2 Å². The average molecular weight is 258 g/mol. The van der Waals surface area contributed by atoms with Crippen LogP contribution in [0.2, 0.25) is 0 Å². The summed E-state index contributed by atoms with van der Waals surface area (Å²) in [7, 11) is 1.54. The van der Waals surface area contributed by atoms with Gasteiger partial charge in [0.15, 0.2) is 0 Å². The number of fused-ring (bicyclic) bond motifs is 1. The van der Waals surface area contributed by atoms with Crippen molar-refractivity contribution in [1.29, 1.82) is 0 Å². The van der Waals surface area contributed by atoms with Gasteiger partial charge in [-0.2, -0.15) is 0 Å². The van der Waals surface area contributed by atoms with Gasteiger partial charge in [-0.05, 0) is 18.2 Å². The Morgan fingerprint density at radius 2 is 2.00 bits per heavy atom. The Morgan fingerprint density at radius 3 is 2.56 bits per heavy atom. The maximum atomic E-state index is 12.1. The van der Waals surface area contributed by atoms with Crippen molar-refractivity contribution in [3.05, 3.63) is 30.0 Å². The van der Waals surface area contributed by atoms with Crippen LogP contribution in [0.15, 0.2) is 24.3 Å². The largest absolute Gasteiger partial charge is 0.573 e. The minimum atomic E-state index is -4.74. The van der Waals surface area contributed by atoms with Crippen molar-refractivity contribution >= 4 is 16.8 Å². The number of nitrogens with two attached hydrogens (primary N) is 1. The number of alkyl halides is 3. The normalized spacial score (nSPS) is 11.8. The molecule has 0 radical (unpaired) electrons. The lowest BCUT2D eigenvalue weighted by molar-refractivity contribution is -0.274. The van der Waals surface area contributed by atoms with Crippen LogP contribution in [0.3, 0.4) is 0 Å². The minimum absolute atomic E-state index is 0.217. The lowest BCUT2D eigenvalue weighted by atomic mass is 10.2. The molecular formula is C11H9F3N2O2. The number of hydrogen-bond acceptors (Lipinski definition) is 2. The summed E-state index contributed by atoms with van der Waals surface area (Å²) in [5.74, 6) is -0.987. The number of nitrogens with zero attached hydrogens (tertiary/aromatic N) is 1. The fourth-order valence-electron chi connectivity index (χ4n) is 1.74. The van der Waals surface area contributed by atoms with E-state index in [1.54, 1.807) is 7.05 Å². The first-order valence-electron chi connectivity index (χ1n) is 4.93. The van der Waals surface area contributed by atoms with Crippen molar-refractivity contribution in [3.63, 3.8) is 0 Å². The number of benzene rings is 1. The number of carbonyl (C=O) groups excluding carboxylic acids is 1. The molecule has 2 rings (SSSR count). The SMILES string of the molecule is Cn1c(C(N)=O)cc2ccc(OC(F)(F)F)cc21. The first-order valence-corrected chi connectivity index (χ1v) is 4.93. The predicted molar refractivity (Wildman–Crippen MR) is 58.1 cm³/mol. The second-order valence-corrected chi connectivity index (χ2v) is 3.72. The van der Waals surface area contributed by atoms with Crippen LogP contribution in [-0.4, -0.2) is 16.8 Å². The molecule has 1 aromatic carbocycles. The smallest absolute Gasteiger partial charge is 0.406 e. The molecule has 0 saturated heterocycles. The maximum absolute atomic E-state index is 12.1. The number of amides is 1. The van der Waals surface area contributed by atoms with E-state index in [1.165, 1.54) is 28.8 Å². The molecule has 0 aliphatic carbocycles. The zero-order chi connectivity index (χ0) is 13.5. The summed E-state index contributed by atoms with van der Waals surface area (Å²) in [5, 5.41) is 0.612. The number of ether oxygens (including phenoxy) is 1. The Balaban J connectivity index is 2.51. The van der Waals surface area contributed by atoms with Crippen molar-refractivity contribution in [1.82, 2.24) is 4.57 Å². The number of halogens is 3. The third-order valence-corrected chi connectivity index (χ3v) is 2.50. The van der Waals surface area contributed by atoms with Gasteiger partial charge in [-0.1, -0.05) is 0 Å². The maximum Gasteiger partial charge on any atom is 0.573 e. The third-order valence-electron chi connectivity index (χ3n) is 2.50. The molecule has 0 bridgehead atoms. The summed E-state index contributed by atoms with van der Waals surface area (Å²) in [6, 6.07) is 5.33. The number of hydrogen-bond donors (Lipinski definition) is 1. The molecule has 7 heteroatoms. The van der Waals surface area contributed by atoms with Gasteiger partial charge in [0.1, 0.15) is 11.4 Å². The van der Waals surface area contributed by atoms with E-state index in [9.17, 15) is 18.0 Å². The number of rotatable bonds is 2. The summed E-state index contributed by atoms with van der Waals surface area (Å²) in [6.45, 7) is 0. The number of primary amides is 1. The van der Waals surface area contributed by atoms with Gasteiger partial charge in [-0.25, -0.2) is 0 Å². The van der Waals surface area contributed by atoms with Crippen LogP contribution >= 0.6 is 0 Å². The van der Waals surface area contributed by atoms with E-state index in [0.717, 1.165) is 0 Å². The Morgan fingerprint density at radius 1 is 1.33 bits per heavy atom. The molecule has 0 spiro atoms. The van der Waals surface area contributed by atoms with Crippen molar-refractivity contribution in [2.45, 2.75) is 6.36 Å². The van der Waals surface area contributed by atoms with Crippen LogP contribution in [-0.2, 0) is 7.05 Å². The quantitative estimate of drug-likeness (QED) is 0.897. The van der Waals surface area contributed by atoms with Crippen molar-refractivity contribution in [2.24, 2.45) is 12.8 Å². The van der Waals surface area contributed by atoms with E-state index >= 15 is 0 Å². The standard InChI is InChI=1S/C11H9F3N2O2/c1-16-8-5-7(18-11(12,13)14)3-2-6(8)4-9(16)10(15)17/h2-5H,1H3,(H2,15,17). The first-order chi connectivity index (χ1) is 8.28. The molecule has 1 amide bonds. The van der Waals surface area contributed by atoms with Gasteiger partial charge in [0.25, 0.3) is 5.91 Å². The molecular weight excluding hydrogens is 249 g/mol. The molecule has 0 atom stereocenters. The molecule has 0 saturated carbocycles. The molecule has 4 nitrogen and oxygen atoms in total. The molecule has 18 heavy (non-hydrogen) atoms. The van der Waals surface area contributed by atoms with Gasteiger partial charge in [0.2, 0.25) is 0 Å². The highest BCUT2D eigenvalue weighted by atomic mass is 19.4. The first kappa shape index (κ1) is 12.3. The van der Waals surface area contributed by atoms with Gasteiger partial charge < -0.3 is 15.0 Å². The van der Waals surface area contributed by atoms with E-state index in [4.69, 9.17) is 5.73 Å². The Kier molecular flexibility index (Phi) is 2.68. The Hall–Kier alpha value is -2.18. The van der Waals surface area contributed by atoms with Gasteiger partial charge in [-0.15, -0.1) is 13.2 Å². The summed E-state index contributed by atoms with van der Waals surface area (Å²) in [4.78, 5) is 11.1. The zero-order valence-electron chi connectivity index (χ0n) is 9.28. The van der Waals surface area contributed by atoms with Gasteiger partial charge >= 0.3 is 6.36 Å². The molecule has 1 aromatic heterocycles. The Labute approximate surface area is 99.7 Å². The van der Waals surface area contributed by atoms with Crippen LogP contribution in [0.5, 0.6) is 5.75 Å². The van der Waals surface area contributed by atoms with E-state index in [1.807, 2.05) is 0 Å². The number of aryl methyl sites for hydroxylation is 1.